The Morgan fingerprint density at radius 1 is 1.12 bits per heavy atom. The maximum atomic E-state index is 12.3. The topological polar surface area (TPSA) is 54.0 Å². The standard InChI is InChI=1S/C19H18ClN3O/c1-12-4-3-5-13(2)19(12)23-18(24)11-22-16-8-9-21-17-10-14(20)6-7-15(16)17/h3-10H,11H2,1-2H3,(H,21,22)(H,23,24). The third kappa shape index (κ3) is 3.49. The van der Waals surface area contributed by atoms with E-state index in [1.54, 1.807) is 12.3 Å². The number of halogens is 1. The van der Waals surface area contributed by atoms with E-state index in [0.29, 0.717) is 5.02 Å². The molecule has 4 nitrogen and oxygen atoms in total. The average molecular weight is 340 g/mol. The van der Waals surface area contributed by atoms with E-state index in [2.05, 4.69) is 15.6 Å². The Balaban J connectivity index is 1.73. The number of nitrogens with zero attached hydrogens (tertiary/aromatic N) is 1. The lowest BCUT2D eigenvalue weighted by molar-refractivity contribution is -0.114. The van der Waals surface area contributed by atoms with Crippen LogP contribution in [0, 0.1) is 13.8 Å². The normalized spacial score (nSPS) is 10.6. The van der Waals surface area contributed by atoms with Crippen molar-refractivity contribution < 1.29 is 4.79 Å². The molecule has 0 unspecified atom stereocenters. The van der Waals surface area contributed by atoms with Gasteiger partial charge in [-0.05, 0) is 49.2 Å². The minimum absolute atomic E-state index is 0.0914. The number of fused-ring (bicyclic) bond motifs is 1. The number of rotatable bonds is 4. The molecule has 0 saturated heterocycles. The van der Waals surface area contributed by atoms with Crippen LogP contribution in [0.25, 0.3) is 10.9 Å². The fourth-order valence-corrected chi connectivity index (χ4v) is 2.81. The van der Waals surface area contributed by atoms with Gasteiger partial charge in [0.2, 0.25) is 5.91 Å². The van der Waals surface area contributed by atoms with E-state index in [9.17, 15) is 4.79 Å². The van der Waals surface area contributed by atoms with Gasteiger partial charge in [-0.15, -0.1) is 0 Å². The van der Waals surface area contributed by atoms with Crippen LogP contribution in [0.3, 0.4) is 0 Å². The van der Waals surface area contributed by atoms with Gasteiger partial charge in [-0.2, -0.15) is 0 Å². The lowest BCUT2D eigenvalue weighted by Gasteiger charge is -2.13. The Kier molecular flexibility index (Phi) is 4.67. The van der Waals surface area contributed by atoms with Gasteiger partial charge in [0.05, 0.1) is 12.1 Å². The van der Waals surface area contributed by atoms with Crippen LogP contribution in [0.5, 0.6) is 0 Å². The van der Waals surface area contributed by atoms with Crippen LogP contribution in [-0.2, 0) is 4.79 Å². The summed E-state index contributed by atoms with van der Waals surface area (Å²) < 4.78 is 0. The molecule has 0 bridgehead atoms. The highest BCUT2D eigenvalue weighted by Crippen LogP contribution is 2.24. The van der Waals surface area contributed by atoms with Gasteiger partial charge in [-0.1, -0.05) is 29.8 Å². The van der Waals surface area contributed by atoms with E-state index >= 15 is 0 Å². The summed E-state index contributed by atoms with van der Waals surface area (Å²) in [6, 6.07) is 13.3. The summed E-state index contributed by atoms with van der Waals surface area (Å²) in [7, 11) is 0. The molecule has 0 aliphatic rings. The lowest BCUT2D eigenvalue weighted by Crippen LogP contribution is -2.22. The highest BCUT2D eigenvalue weighted by Gasteiger charge is 2.08. The minimum Gasteiger partial charge on any atom is -0.376 e. The van der Waals surface area contributed by atoms with Crippen molar-refractivity contribution in [1.29, 1.82) is 0 Å². The van der Waals surface area contributed by atoms with Gasteiger partial charge in [-0.3, -0.25) is 9.78 Å². The second-order valence-corrected chi connectivity index (χ2v) is 6.12. The number of anilines is 2. The van der Waals surface area contributed by atoms with Crippen LogP contribution < -0.4 is 10.6 Å². The van der Waals surface area contributed by atoms with E-state index in [4.69, 9.17) is 11.6 Å². The summed E-state index contributed by atoms with van der Waals surface area (Å²) in [4.78, 5) is 16.6. The first-order valence-electron chi connectivity index (χ1n) is 7.69. The van der Waals surface area contributed by atoms with Crippen LogP contribution in [0.15, 0.2) is 48.7 Å². The highest BCUT2D eigenvalue weighted by atomic mass is 35.5. The zero-order chi connectivity index (χ0) is 17.1. The first-order valence-corrected chi connectivity index (χ1v) is 8.06. The first kappa shape index (κ1) is 16.3. The molecule has 5 heteroatoms. The fourth-order valence-electron chi connectivity index (χ4n) is 2.65. The van der Waals surface area contributed by atoms with Crippen LogP contribution in [0.2, 0.25) is 5.02 Å². The van der Waals surface area contributed by atoms with E-state index in [-0.39, 0.29) is 12.5 Å². The Bertz CT molecular complexity index is 888. The monoisotopic (exact) mass is 339 g/mol. The molecule has 1 heterocycles. The zero-order valence-corrected chi connectivity index (χ0v) is 14.3. The molecule has 1 amide bonds. The summed E-state index contributed by atoms with van der Waals surface area (Å²) in [5.74, 6) is -0.0914. The number of hydrogen-bond acceptors (Lipinski definition) is 3. The smallest absolute Gasteiger partial charge is 0.243 e. The van der Waals surface area contributed by atoms with Gasteiger partial charge in [0.15, 0.2) is 0 Å². The SMILES string of the molecule is Cc1cccc(C)c1NC(=O)CNc1ccnc2cc(Cl)ccc12. The molecule has 122 valence electrons. The molecule has 24 heavy (non-hydrogen) atoms. The van der Waals surface area contributed by atoms with Gasteiger partial charge < -0.3 is 10.6 Å². The molecule has 2 aromatic carbocycles. The summed E-state index contributed by atoms with van der Waals surface area (Å²) in [5, 5.41) is 7.71. The summed E-state index contributed by atoms with van der Waals surface area (Å²) in [6.45, 7) is 4.14. The number of aromatic nitrogens is 1. The molecule has 3 rings (SSSR count). The van der Waals surface area contributed by atoms with Crippen molar-refractivity contribution in [1.82, 2.24) is 4.98 Å². The Hall–Kier alpha value is -2.59. The van der Waals surface area contributed by atoms with Crippen molar-refractivity contribution in [3.63, 3.8) is 0 Å². The molecular weight excluding hydrogens is 322 g/mol. The number of benzene rings is 2. The third-order valence-electron chi connectivity index (χ3n) is 3.89. The molecule has 2 N–H and O–H groups in total. The van der Waals surface area contributed by atoms with Gasteiger partial charge in [-0.25, -0.2) is 0 Å². The molecule has 0 aliphatic heterocycles. The molecule has 3 aromatic rings. The molecule has 0 spiro atoms. The number of hydrogen-bond donors (Lipinski definition) is 2. The maximum absolute atomic E-state index is 12.3. The van der Waals surface area contributed by atoms with Gasteiger partial charge in [0, 0.05) is 28.0 Å². The largest absolute Gasteiger partial charge is 0.376 e. The number of carbonyl (C=O) groups excluding carboxylic acids is 1. The van der Waals surface area contributed by atoms with E-state index in [1.807, 2.05) is 50.2 Å². The number of para-hydroxylation sites is 1. The Labute approximate surface area is 145 Å². The Morgan fingerprint density at radius 2 is 1.88 bits per heavy atom. The van der Waals surface area contributed by atoms with Crippen molar-refractivity contribution in [2.45, 2.75) is 13.8 Å². The average Bonchev–Trinajstić information content (AvgIpc) is 2.56. The molecular formula is C19H18ClN3O. The highest BCUT2D eigenvalue weighted by molar-refractivity contribution is 6.31. The third-order valence-corrected chi connectivity index (χ3v) is 4.12. The molecule has 0 atom stereocenters. The number of aryl methyl sites for hydroxylation is 2. The quantitative estimate of drug-likeness (QED) is 0.732. The van der Waals surface area contributed by atoms with E-state index < -0.39 is 0 Å². The number of nitrogens with one attached hydrogen (secondary N) is 2. The summed E-state index contributed by atoms with van der Waals surface area (Å²) in [5.41, 5.74) is 4.62. The van der Waals surface area contributed by atoms with Crippen molar-refractivity contribution in [3.05, 3.63) is 64.8 Å². The van der Waals surface area contributed by atoms with Crippen LogP contribution in [0.1, 0.15) is 11.1 Å². The molecule has 0 radical (unpaired) electrons. The number of amides is 1. The second kappa shape index (κ2) is 6.89. The minimum atomic E-state index is -0.0914. The predicted molar refractivity (Wildman–Crippen MR) is 99.8 cm³/mol. The van der Waals surface area contributed by atoms with Crippen molar-refractivity contribution in [2.75, 3.05) is 17.2 Å². The van der Waals surface area contributed by atoms with Gasteiger partial charge in [0.25, 0.3) is 0 Å². The molecule has 0 fully saturated rings. The summed E-state index contributed by atoms with van der Waals surface area (Å²) >= 11 is 5.99. The molecule has 0 saturated carbocycles. The zero-order valence-electron chi connectivity index (χ0n) is 13.6. The van der Waals surface area contributed by atoms with Crippen LogP contribution in [0.4, 0.5) is 11.4 Å². The fraction of sp³-hybridized carbons (Fsp3) is 0.158. The number of pyridine rings is 1. The van der Waals surface area contributed by atoms with Crippen LogP contribution in [-0.4, -0.2) is 17.4 Å². The second-order valence-electron chi connectivity index (χ2n) is 5.69. The Morgan fingerprint density at radius 3 is 2.62 bits per heavy atom. The number of carbonyl (C=O) groups is 1. The van der Waals surface area contributed by atoms with Gasteiger partial charge >= 0.3 is 0 Å². The summed E-state index contributed by atoms with van der Waals surface area (Å²) in [6.07, 6.45) is 1.70. The van der Waals surface area contributed by atoms with Gasteiger partial charge in [0.1, 0.15) is 0 Å². The van der Waals surface area contributed by atoms with E-state index in [1.165, 1.54) is 0 Å². The van der Waals surface area contributed by atoms with Crippen molar-refractivity contribution in [2.24, 2.45) is 0 Å². The van der Waals surface area contributed by atoms with Crippen LogP contribution >= 0.6 is 11.6 Å². The predicted octanol–water partition coefficient (Wildman–Crippen LogP) is 4.56. The lowest BCUT2D eigenvalue weighted by atomic mass is 10.1. The molecule has 1 aromatic heterocycles. The van der Waals surface area contributed by atoms with Crippen molar-refractivity contribution >= 4 is 39.8 Å². The maximum Gasteiger partial charge on any atom is 0.243 e. The van der Waals surface area contributed by atoms with E-state index in [0.717, 1.165) is 33.4 Å². The molecule has 0 aliphatic carbocycles. The first-order chi connectivity index (χ1) is 11.5. The van der Waals surface area contributed by atoms with Crippen molar-refractivity contribution in [3.8, 4) is 0 Å².